The van der Waals surface area contributed by atoms with Crippen molar-refractivity contribution in [2.45, 2.75) is 93.5 Å². The molecule has 0 spiro atoms. The predicted molar refractivity (Wildman–Crippen MR) is 228 cm³/mol. The largest absolute Gasteiger partial charge is 0.507 e. The molecule has 2 aromatic rings. The quantitative estimate of drug-likeness (QED) is 0.0244. The molecule has 0 amide bonds. The summed E-state index contributed by atoms with van der Waals surface area (Å²) in [5.41, 5.74) is 14.5. The summed E-state index contributed by atoms with van der Waals surface area (Å²) in [6.45, 7) is 19.6. The second-order valence-electron chi connectivity index (χ2n) is 11.0. The molecule has 0 aliphatic heterocycles. The van der Waals surface area contributed by atoms with E-state index in [9.17, 15) is 14.7 Å². The molecule has 3 rings (SSSR count). The number of nitrogens with zero attached hydrogens (tertiary/aromatic N) is 5. The summed E-state index contributed by atoms with van der Waals surface area (Å²) in [6, 6.07) is 12.4. The highest BCUT2D eigenvalue weighted by atomic mass is 16.5. The number of ketones is 1. The van der Waals surface area contributed by atoms with Gasteiger partial charge in [-0.3, -0.25) is 14.6 Å². The Balaban J connectivity index is -0.000000306. The first kappa shape index (κ1) is 56.4. The van der Waals surface area contributed by atoms with E-state index >= 15 is 0 Å². The lowest BCUT2D eigenvalue weighted by Crippen LogP contribution is -2.30. The van der Waals surface area contributed by atoms with Gasteiger partial charge in [0.15, 0.2) is 5.78 Å². The summed E-state index contributed by atoms with van der Waals surface area (Å²) in [4.78, 5) is 29.7. The average molecular weight is 768 g/mol. The van der Waals surface area contributed by atoms with Crippen LogP contribution in [0.3, 0.4) is 0 Å². The number of aryl methyl sites for hydroxylation is 1. The van der Waals surface area contributed by atoms with Gasteiger partial charge in [0.05, 0.1) is 31.5 Å². The summed E-state index contributed by atoms with van der Waals surface area (Å²) in [7, 11) is 6.81. The number of esters is 1. The molecular formula is C41H69N9O5. The van der Waals surface area contributed by atoms with Crippen molar-refractivity contribution in [1.29, 1.82) is 5.26 Å². The van der Waals surface area contributed by atoms with Crippen LogP contribution < -0.4 is 27.4 Å². The molecule has 0 heterocycles. The minimum Gasteiger partial charge on any atom is -0.507 e. The van der Waals surface area contributed by atoms with Crippen molar-refractivity contribution in [2.24, 2.45) is 43.6 Å². The zero-order chi connectivity index (χ0) is 43.2. The van der Waals surface area contributed by atoms with Gasteiger partial charge in [-0.2, -0.15) is 5.26 Å². The molecule has 0 saturated heterocycles. The lowest BCUT2D eigenvalue weighted by atomic mass is 9.87. The van der Waals surface area contributed by atoms with E-state index < -0.39 is 0 Å². The summed E-state index contributed by atoms with van der Waals surface area (Å²) in [5.74, 6) is 5.99. The maximum atomic E-state index is 11.0. The first-order valence-corrected chi connectivity index (χ1v) is 18.3. The number of allylic oxidation sites excluding steroid dienone is 2. The van der Waals surface area contributed by atoms with Gasteiger partial charge in [0.2, 0.25) is 0 Å². The van der Waals surface area contributed by atoms with Gasteiger partial charge in [-0.15, -0.1) is 5.11 Å². The van der Waals surface area contributed by atoms with E-state index in [4.69, 9.17) is 21.5 Å². The fraction of sp³-hybridized carbons (Fsp3) is 0.488. The zero-order valence-electron chi connectivity index (χ0n) is 35.3. The maximum absolute atomic E-state index is 11.0. The number of amidine groups is 1. The van der Waals surface area contributed by atoms with Gasteiger partial charge in [0.25, 0.3) is 0 Å². The number of Topliss-reactive ketones (excluding diaryl/α,β-unsaturated/α-hetero) is 1. The van der Waals surface area contributed by atoms with Crippen LogP contribution in [0.2, 0.25) is 0 Å². The van der Waals surface area contributed by atoms with Crippen molar-refractivity contribution in [1.82, 2.24) is 5.32 Å². The Bertz CT molecular complexity index is 1490. The number of methoxy groups -OCH3 is 2. The van der Waals surface area contributed by atoms with Crippen LogP contribution in [0, 0.1) is 24.2 Å². The minimum atomic E-state index is -0.0723. The zero-order valence-corrected chi connectivity index (χ0v) is 35.3. The molecule has 14 heteroatoms. The molecule has 0 radical (unpaired) electrons. The minimum absolute atomic E-state index is 0.0637. The molecule has 2 aromatic carbocycles. The van der Waals surface area contributed by atoms with Crippen LogP contribution in [0.4, 0.5) is 0 Å². The Morgan fingerprint density at radius 1 is 1.04 bits per heavy atom. The molecule has 1 saturated carbocycles. The van der Waals surface area contributed by atoms with E-state index in [1.54, 1.807) is 51.4 Å². The van der Waals surface area contributed by atoms with E-state index in [2.05, 4.69) is 42.8 Å². The van der Waals surface area contributed by atoms with Gasteiger partial charge in [0, 0.05) is 24.4 Å². The second-order valence-corrected chi connectivity index (χ2v) is 11.0. The fourth-order valence-corrected chi connectivity index (χ4v) is 4.09. The third kappa shape index (κ3) is 28.7. The standard InChI is InChI=1S/C13H13N3O.C10H12O2.C8H15NO2.C4H10N4.C2H7N.2C2H6/c1-3-10(8-16-9(2)15)11-4-5-12(7-14)13(17)6-11;1-7-6-9(8(2)11)4-5-10(7)12-3;1-11-8(10)6-2-4-7(9)5-3-6;1-2-3-6-4-7-8-5;1-3-2;2*1-2/h3-6,8,17H,1H2,2H3,(H2,15,16);4-6H,1-3H3;6-7H,2-5,9H2,1H3;4H,2-3H2,1H3,(H2,5,6,7);3H,1-2H3;2*1-2H3/b10-8+;;;;;;. The number of carbonyl (C=O) groups is 2. The van der Waals surface area contributed by atoms with Crippen molar-refractivity contribution >= 4 is 29.5 Å². The highest BCUT2D eigenvalue weighted by Crippen LogP contribution is 2.25. The number of aromatic hydroxyl groups is 1. The molecule has 1 aliphatic rings. The molecule has 0 bridgehead atoms. The van der Waals surface area contributed by atoms with Crippen molar-refractivity contribution in [2.75, 3.05) is 34.9 Å². The lowest BCUT2D eigenvalue weighted by molar-refractivity contribution is -0.146. The van der Waals surface area contributed by atoms with Crippen LogP contribution >= 0.6 is 0 Å². The highest BCUT2D eigenvalue weighted by Gasteiger charge is 2.24. The third-order valence-electron chi connectivity index (χ3n) is 6.74. The Kier molecular flexibility index (Phi) is 39.3. The van der Waals surface area contributed by atoms with Crippen molar-refractivity contribution < 1.29 is 24.2 Å². The fourth-order valence-electron chi connectivity index (χ4n) is 4.09. The Hall–Kier alpha value is -5.39. The van der Waals surface area contributed by atoms with Crippen LogP contribution in [0.15, 0.2) is 75.6 Å². The molecule has 0 aromatic heterocycles. The van der Waals surface area contributed by atoms with Crippen LogP contribution in [-0.2, 0) is 9.53 Å². The molecule has 55 heavy (non-hydrogen) atoms. The van der Waals surface area contributed by atoms with E-state index in [1.165, 1.54) is 19.5 Å². The first-order valence-electron chi connectivity index (χ1n) is 18.3. The lowest BCUT2D eigenvalue weighted by Gasteiger charge is -2.23. The number of nitrogens with two attached hydrogens (primary N) is 3. The van der Waals surface area contributed by atoms with E-state index in [0.29, 0.717) is 11.9 Å². The molecule has 8 N–H and O–H groups in total. The number of aliphatic imine (C=N–C) groups is 2. The van der Waals surface area contributed by atoms with Gasteiger partial charge in [-0.05, 0) is 114 Å². The number of ether oxygens (including phenoxy) is 2. The summed E-state index contributed by atoms with van der Waals surface area (Å²) < 4.78 is 9.71. The SMILES string of the molecule is C=C/C(=C\N=C(C)N)c1ccc(C#N)c(O)c1.CC.CC.CCCN=CN=NN.CNC.COC(=O)C1CCC(N)CC1.COc1ccc(C(C)=O)cc1C. The number of rotatable bonds is 9. The van der Waals surface area contributed by atoms with E-state index in [1.807, 2.05) is 73.8 Å². The number of hydrogen-bond donors (Lipinski definition) is 5. The molecular weight excluding hydrogens is 699 g/mol. The van der Waals surface area contributed by atoms with E-state index in [-0.39, 0.29) is 29.0 Å². The predicted octanol–water partition coefficient (Wildman–Crippen LogP) is 7.69. The summed E-state index contributed by atoms with van der Waals surface area (Å²) in [5, 5.41) is 27.3. The molecule has 308 valence electrons. The Morgan fingerprint density at radius 3 is 2.00 bits per heavy atom. The van der Waals surface area contributed by atoms with Gasteiger partial charge in [-0.1, -0.05) is 58.6 Å². The van der Waals surface area contributed by atoms with Crippen molar-refractivity contribution in [3.63, 3.8) is 0 Å². The summed E-state index contributed by atoms with van der Waals surface area (Å²) in [6.07, 6.45) is 9.25. The van der Waals surface area contributed by atoms with Crippen molar-refractivity contribution in [3.8, 4) is 17.6 Å². The van der Waals surface area contributed by atoms with Gasteiger partial charge < -0.3 is 37.2 Å². The monoisotopic (exact) mass is 768 g/mol. The summed E-state index contributed by atoms with van der Waals surface area (Å²) >= 11 is 0. The van der Waals surface area contributed by atoms with E-state index in [0.717, 1.165) is 66.7 Å². The van der Waals surface area contributed by atoms with Gasteiger partial charge in [-0.25, -0.2) is 4.99 Å². The molecule has 0 unspecified atom stereocenters. The molecule has 1 aliphatic carbocycles. The second kappa shape index (κ2) is 38.3. The normalized spacial score (nSPS) is 14.3. The third-order valence-corrected chi connectivity index (χ3v) is 6.74. The number of hydrogen-bond acceptors (Lipinski definition) is 11. The Labute approximate surface area is 330 Å². The number of phenols is 1. The Morgan fingerprint density at radius 2 is 1.60 bits per heavy atom. The van der Waals surface area contributed by atoms with Crippen LogP contribution in [0.5, 0.6) is 11.5 Å². The molecule has 14 nitrogen and oxygen atoms in total. The van der Waals surface area contributed by atoms with Crippen LogP contribution in [-0.4, -0.2) is 69.9 Å². The number of nitriles is 1. The smallest absolute Gasteiger partial charge is 0.308 e. The number of nitrogens with one attached hydrogen (secondary N) is 1. The molecule has 0 atom stereocenters. The van der Waals surface area contributed by atoms with Crippen molar-refractivity contribution in [3.05, 3.63) is 77.5 Å². The van der Waals surface area contributed by atoms with Crippen LogP contribution in [0.1, 0.15) is 108 Å². The highest BCUT2D eigenvalue weighted by molar-refractivity contribution is 5.94. The first-order chi connectivity index (χ1) is 26.3. The number of carbonyl (C=O) groups excluding carboxylic acids is 2. The van der Waals surface area contributed by atoms with Crippen LogP contribution in [0.25, 0.3) is 5.57 Å². The topological polar surface area (TPSA) is 236 Å². The number of benzene rings is 2. The van der Waals surface area contributed by atoms with Gasteiger partial charge >= 0.3 is 5.97 Å². The molecule has 1 fully saturated rings. The maximum Gasteiger partial charge on any atom is 0.308 e. The average Bonchev–Trinajstić information content (AvgIpc) is 3.19. The number of phenolic OH excluding ortho intramolecular Hbond substituents is 1. The van der Waals surface area contributed by atoms with Gasteiger partial charge in [0.1, 0.15) is 23.9 Å².